The Hall–Kier alpha value is -1.10. The monoisotopic (exact) mass is 482 g/mol. The lowest BCUT2D eigenvalue weighted by Gasteiger charge is -2.26. The van der Waals surface area contributed by atoms with Crippen LogP contribution in [0.3, 0.4) is 0 Å². The summed E-state index contributed by atoms with van der Waals surface area (Å²) in [4.78, 5) is 0. The second-order valence-corrected chi connectivity index (χ2v) is 9.06. The summed E-state index contributed by atoms with van der Waals surface area (Å²) in [6.07, 6.45) is 4.67. The first kappa shape index (κ1) is 27.5. The van der Waals surface area contributed by atoms with E-state index in [0.29, 0.717) is 44.7 Å². The molecular weight excluding hydrogens is 440 g/mol. The lowest BCUT2D eigenvalue weighted by molar-refractivity contribution is -0.128. The number of hydrogen-bond acceptors (Lipinski definition) is 8. The fourth-order valence-electron chi connectivity index (χ4n) is 5.04. The molecule has 1 heterocycles. The maximum Gasteiger partial charge on any atom is 0.155 e. The van der Waals surface area contributed by atoms with Gasteiger partial charge in [-0.15, -0.1) is 0 Å². The first-order valence-corrected chi connectivity index (χ1v) is 12.4. The van der Waals surface area contributed by atoms with Crippen molar-refractivity contribution in [2.24, 2.45) is 11.8 Å². The zero-order chi connectivity index (χ0) is 24.0. The van der Waals surface area contributed by atoms with Gasteiger partial charge in [0.1, 0.15) is 13.6 Å². The Bertz CT molecular complexity index is 645. The van der Waals surface area contributed by atoms with Crippen LogP contribution in [0, 0.1) is 11.8 Å². The largest absolute Gasteiger partial charge is 0.382 e. The third kappa shape index (κ3) is 9.17. The molecule has 1 N–H and O–H groups in total. The normalized spacial score (nSPS) is 27.2. The molecule has 0 aromatic heterocycles. The van der Waals surface area contributed by atoms with Gasteiger partial charge in [-0.1, -0.05) is 30.3 Å². The number of hydrogen-bond donors (Lipinski definition) is 1. The third-order valence-electron chi connectivity index (χ3n) is 6.81. The minimum Gasteiger partial charge on any atom is -0.382 e. The molecule has 2 fully saturated rings. The fraction of sp³-hybridized carbons (Fsp3) is 0.769. The summed E-state index contributed by atoms with van der Waals surface area (Å²) in [5.41, 5.74) is 1.30. The molecule has 1 saturated heterocycles. The van der Waals surface area contributed by atoms with Crippen molar-refractivity contribution >= 4 is 0 Å². The van der Waals surface area contributed by atoms with Crippen LogP contribution in [0.4, 0.5) is 0 Å². The quantitative estimate of drug-likeness (QED) is 0.252. The van der Waals surface area contributed by atoms with Crippen molar-refractivity contribution in [1.82, 2.24) is 0 Å². The zero-order valence-corrected chi connectivity index (χ0v) is 20.6. The molecule has 8 heteroatoms. The molecule has 3 rings (SSSR count). The Labute approximate surface area is 203 Å². The third-order valence-corrected chi connectivity index (χ3v) is 6.81. The van der Waals surface area contributed by atoms with Crippen LogP contribution in [-0.4, -0.2) is 83.9 Å². The zero-order valence-electron chi connectivity index (χ0n) is 20.6. The molecule has 0 bridgehead atoms. The molecule has 1 saturated carbocycles. The number of aliphatic hydroxyl groups excluding tert-OH is 1. The second-order valence-electron chi connectivity index (χ2n) is 9.06. The fourth-order valence-corrected chi connectivity index (χ4v) is 5.04. The van der Waals surface area contributed by atoms with Crippen LogP contribution in [0.5, 0.6) is 0 Å². The number of ether oxygens (including phenoxy) is 7. The van der Waals surface area contributed by atoms with Gasteiger partial charge < -0.3 is 38.3 Å². The van der Waals surface area contributed by atoms with E-state index in [4.69, 9.17) is 33.2 Å². The van der Waals surface area contributed by atoms with E-state index in [9.17, 15) is 5.11 Å². The van der Waals surface area contributed by atoms with Crippen LogP contribution in [0.15, 0.2) is 30.3 Å². The molecule has 194 valence electrons. The van der Waals surface area contributed by atoms with E-state index in [1.165, 1.54) is 5.56 Å². The highest BCUT2D eigenvalue weighted by Crippen LogP contribution is 2.46. The highest BCUT2D eigenvalue weighted by Gasteiger charge is 2.49. The Kier molecular flexibility index (Phi) is 12.8. The average molecular weight is 483 g/mol. The lowest BCUT2D eigenvalue weighted by atomic mass is 9.86. The minimum atomic E-state index is -0.671. The van der Waals surface area contributed by atoms with Crippen molar-refractivity contribution in [1.29, 1.82) is 0 Å². The van der Waals surface area contributed by atoms with Crippen molar-refractivity contribution in [3.05, 3.63) is 35.9 Å². The summed E-state index contributed by atoms with van der Waals surface area (Å²) in [5.74, 6) is 0.595. The Morgan fingerprint density at radius 3 is 2.41 bits per heavy atom. The van der Waals surface area contributed by atoms with Gasteiger partial charge in [0, 0.05) is 27.1 Å². The Morgan fingerprint density at radius 2 is 1.68 bits per heavy atom. The van der Waals surface area contributed by atoms with Crippen LogP contribution in [0.2, 0.25) is 0 Å². The summed E-state index contributed by atoms with van der Waals surface area (Å²) in [7, 11) is 3.31. The molecule has 0 spiro atoms. The van der Waals surface area contributed by atoms with Gasteiger partial charge in [-0.3, -0.25) is 0 Å². The van der Waals surface area contributed by atoms with Crippen molar-refractivity contribution < 1.29 is 38.3 Å². The van der Waals surface area contributed by atoms with Gasteiger partial charge in [0.25, 0.3) is 0 Å². The van der Waals surface area contributed by atoms with Gasteiger partial charge in [0.2, 0.25) is 0 Å². The highest BCUT2D eigenvalue weighted by molar-refractivity contribution is 5.14. The molecular formula is C26H42O8. The van der Waals surface area contributed by atoms with Gasteiger partial charge in [0.15, 0.2) is 6.29 Å². The van der Waals surface area contributed by atoms with E-state index < -0.39 is 6.29 Å². The van der Waals surface area contributed by atoms with Gasteiger partial charge in [-0.05, 0) is 43.1 Å². The van der Waals surface area contributed by atoms with Crippen molar-refractivity contribution in [2.45, 2.75) is 63.1 Å². The van der Waals surface area contributed by atoms with E-state index in [0.717, 1.165) is 32.1 Å². The predicted molar refractivity (Wildman–Crippen MR) is 126 cm³/mol. The number of benzene rings is 1. The minimum absolute atomic E-state index is 0.0463. The molecule has 1 unspecified atom stereocenters. The van der Waals surface area contributed by atoms with E-state index >= 15 is 0 Å². The predicted octanol–water partition coefficient (Wildman–Crippen LogP) is 3.15. The lowest BCUT2D eigenvalue weighted by Crippen LogP contribution is -2.27. The first-order chi connectivity index (χ1) is 16.7. The van der Waals surface area contributed by atoms with E-state index in [1.807, 2.05) is 6.07 Å². The molecule has 0 radical (unpaired) electrons. The van der Waals surface area contributed by atoms with E-state index in [1.54, 1.807) is 14.2 Å². The summed E-state index contributed by atoms with van der Waals surface area (Å²) < 4.78 is 39.1. The molecule has 1 aliphatic carbocycles. The van der Waals surface area contributed by atoms with Crippen molar-refractivity contribution in [3.63, 3.8) is 0 Å². The number of aliphatic hydroxyl groups is 1. The van der Waals surface area contributed by atoms with E-state index in [2.05, 4.69) is 24.3 Å². The topological polar surface area (TPSA) is 84.8 Å². The van der Waals surface area contributed by atoms with Gasteiger partial charge in [0.05, 0.1) is 44.7 Å². The second kappa shape index (κ2) is 15.8. The van der Waals surface area contributed by atoms with Gasteiger partial charge in [-0.2, -0.15) is 0 Å². The summed E-state index contributed by atoms with van der Waals surface area (Å²) >= 11 is 0. The molecule has 34 heavy (non-hydrogen) atoms. The van der Waals surface area contributed by atoms with Crippen LogP contribution < -0.4 is 0 Å². The Balaban J connectivity index is 1.52. The Morgan fingerprint density at radius 1 is 0.941 bits per heavy atom. The SMILES string of the molecule is COCCOCO[C@@H](CCc1ccccc1)CC[C@@H]1[C@H]2CC(O)O[C@H]2C[C@H]1OCOCCOC. The molecule has 2 aliphatic rings. The number of methoxy groups -OCH3 is 2. The maximum absolute atomic E-state index is 10.0. The average Bonchev–Trinajstić information content (AvgIpc) is 3.36. The summed E-state index contributed by atoms with van der Waals surface area (Å²) in [5, 5.41) is 10.0. The number of rotatable bonds is 18. The number of aryl methyl sites for hydroxylation is 1. The molecule has 1 aromatic carbocycles. The summed E-state index contributed by atoms with van der Waals surface area (Å²) in [6, 6.07) is 10.5. The molecule has 8 nitrogen and oxygen atoms in total. The van der Waals surface area contributed by atoms with Crippen LogP contribution in [0.25, 0.3) is 0 Å². The molecule has 6 atom stereocenters. The summed E-state index contributed by atoms with van der Waals surface area (Å²) in [6.45, 7) is 2.63. The molecule has 0 amide bonds. The maximum atomic E-state index is 10.0. The molecule has 1 aromatic rings. The van der Waals surface area contributed by atoms with Crippen molar-refractivity contribution in [3.8, 4) is 0 Å². The standard InChI is InChI=1S/C26H42O8/c1-28-12-14-30-18-32-21(9-8-20-6-4-3-5-7-20)10-11-22-23-16-26(27)34-25(23)17-24(22)33-19-31-15-13-29-2/h3-7,21-27H,8-19H2,1-2H3/t21-,22+,23+,24+,25-,26?/m0/s1. The molecule has 1 aliphatic heterocycles. The number of fused-ring (bicyclic) bond motifs is 1. The van der Waals surface area contributed by atoms with E-state index in [-0.39, 0.29) is 31.9 Å². The van der Waals surface area contributed by atoms with Crippen LogP contribution >= 0.6 is 0 Å². The smallest absolute Gasteiger partial charge is 0.155 e. The van der Waals surface area contributed by atoms with Crippen molar-refractivity contribution in [2.75, 3.05) is 54.2 Å². The van der Waals surface area contributed by atoms with Gasteiger partial charge >= 0.3 is 0 Å². The first-order valence-electron chi connectivity index (χ1n) is 12.4. The van der Waals surface area contributed by atoms with Crippen LogP contribution in [0.1, 0.15) is 37.7 Å². The van der Waals surface area contributed by atoms with Gasteiger partial charge in [-0.25, -0.2) is 0 Å². The highest BCUT2D eigenvalue weighted by atomic mass is 16.7. The van der Waals surface area contributed by atoms with Crippen LogP contribution in [-0.2, 0) is 39.6 Å².